The molecule has 1 aliphatic heterocycles. The molecule has 1 saturated heterocycles. The molecule has 0 saturated carbocycles. The summed E-state index contributed by atoms with van der Waals surface area (Å²) < 4.78 is 0.494. The van der Waals surface area contributed by atoms with Crippen LogP contribution in [0.1, 0.15) is 6.42 Å². The van der Waals surface area contributed by atoms with Gasteiger partial charge in [0, 0.05) is 29.4 Å². The van der Waals surface area contributed by atoms with Gasteiger partial charge in [-0.05, 0) is 12.0 Å². The molecule has 1 aliphatic rings. The highest BCUT2D eigenvalue weighted by Crippen LogP contribution is 2.41. The number of hydrogen-bond acceptors (Lipinski definition) is 3. The quantitative estimate of drug-likeness (QED) is 0.465. The molecule has 102 valence electrons. The van der Waals surface area contributed by atoms with Crippen molar-refractivity contribution in [2.45, 2.75) is 6.42 Å². The summed E-state index contributed by atoms with van der Waals surface area (Å²) in [6, 6.07) is 2.87. The van der Waals surface area contributed by atoms with E-state index in [4.69, 9.17) is 23.2 Å². The molecule has 1 amide bonds. The first kappa shape index (κ1) is 14.6. The topological polar surface area (TPSA) is 63.5 Å². The predicted octanol–water partition coefficient (Wildman–Crippen LogP) is 3.60. The second kappa shape index (κ2) is 5.64. The number of nitro benzene ring substituents is 1. The second-order valence-corrected chi connectivity index (χ2v) is 5.87. The van der Waals surface area contributed by atoms with Crippen molar-refractivity contribution in [3.8, 4) is 0 Å². The molecule has 1 aromatic rings. The number of amides is 1. The fourth-order valence-electron chi connectivity index (χ4n) is 2.06. The van der Waals surface area contributed by atoms with Crippen molar-refractivity contribution in [1.29, 1.82) is 0 Å². The van der Waals surface area contributed by atoms with Crippen molar-refractivity contribution in [3.05, 3.63) is 31.7 Å². The number of hydrogen-bond donors (Lipinski definition) is 0. The molecule has 1 heterocycles. The Morgan fingerprint density at radius 1 is 1.53 bits per heavy atom. The SMILES string of the molecule is O=C1CC(CCl)CN1c1c(Cl)cc(Br)cc1[N+](=O)[O-]. The largest absolute Gasteiger partial charge is 0.305 e. The minimum absolute atomic E-state index is 0.00603. The molecule has 2 rings (SSSR count). The molecule has 0 bridgehead atoms. The normalized spacial score (nSPS) is 19.0. The van der Waals surface area contributed by atoms with E-state index in [1.165, 1.54) is 17.0 Å². The monoisotopic (exact) mass is 366 g/mol. The molecule has 0 aliphatic carbocycles. The fourth-order valence-corrected chi connectivity index (χ4v) is 3.16. The first-order valence-electron chi connectivity index (χ1n) is 5.43. The number of rotatable bonds is 3. The third-order valence-corrected chi connectivity index (χ3v) is 4.08. The van der Waals surface area contributed by atoms with Crippen LogP contribution in [0.15, 0.2) is 16.6 Å². The number of carbonyl (C=O) groups is 1. The molecule has 0 N–H and O–H groups in total. The van der Waals surface area contributed by atoms with Gasteiger partial charge in [-0.25, -0.2) is 0 Å². The van der Waals surface area contributed by atoms with Gasteiger partial charge in [0.2, 0.25) is 5.91 Å². The molecule has 1 atom stereocenters. The van der Waals surface area contributed by atoms with Gasteiger partial charge in [0.1, 0.15) is 5.69 Å². The first-order valence-corrected chi connectivity index (χ1v) is 7.14. The molecular formula is C11H9BrCl2N2O3. The van der Waals surface area contributed by atoms with Crippen LogP contribution in [0.3, 0.4) is 0 Å². The Kier molecular flexibility index (Phi) is 4.32. The standard InChI is InChI=1S/C11H9BrCl2N2O3/c12-7-2-8(14)11(9(3-7)16(18)19)15-5-6(4-13)1-10(15)17/h2-3,6H,1,4-5H2. The number of nitrogens with zero attached hydrogens (tertiary/aromatic N) is 2. The van der Waals surface area contributed by atoms with E-state index >= 15 is 0 Å². The van der Waals surface area contributed by atoms with Crippen LogP contribution in [-0.4, -0.2) is 23.3 Å². The van der Waals surface area contributed by atoms with E-state index < -0.39 is 4.92 Å². The number of carbonyl (C=O) groups excluding carboxylic acids is 1. The number of nitro groups is 1. The van der Waals surface area contributed by atoms with Gasteiger partial charge in [0.15, 0.2) is 0 Å². The zero-order chi connectivity index (χ0) is 14.2. The lowest BCUT2D eigenvalue weighted by molar-refractivity contribution is -0.384. The number of alkyl halides is 1. The molecule has 5 nitrogen and oxygen atoms in total. The summed E-state index contributed by atoms with van der Waals surface area (Å²) in [4.78, 5) is 23.8. The third kappa shape index (κ3) is 2.85. The number of benzene rings is 1. The van der Waals surface area contributed by atoms with Gasteiger partial charge in [-0.3, -0.25) is 14.9 Å². The van der Waals surface area contributed by atoms with Gasteiger partial charge < -0.3 is 4.90 Å². The van der Waals surface area contributed by atoms with E-state index in [2.05, 4.69) is 15.9 Å². The average molecular weight is 368 g/mol. The summed E-state index contributed by atoms with van der Waals surface area (Å²) in [7, 11) is 0. The van der Waals surface area contributed by atoms with E-state index in [0.29, 0.717) is 16.9 Å². The van der Waals surface area contributed by atoms with Gasteiger partial charge in [-0.15, -0.1) is 11.6 Å². The van der Waals surface area contributed by atoms with E-state index in [1.54, 1.807) is 0 Å². The Bertz CT molecular complexity index is 553. The molecule has 1 fully saturated rings. The van der Waals surface area contributed by atoms with Gasteiger partial charge >= 0.3 is 0 Å². The van der Waals surface area contributed by atoms with Crippen LogP contribution in [0.5, 0.6) is 0 Å². The van der Waals surface area contributed by atoms with Crippen LogP contribution in [0.2, 0.25) is 5.02 Å². The maximum Gasteiger partial charge on any atom is 0.295 e. The first-order chi connectivity index (χ1) is 8.93. The van der Waals surface area contributed by atoms with Crippen molar-refractivity contribution in [3.63, 3.8) is 0 Å². The molecule has 19 heavy (non-hydrogen) atoms. The Hall–Kier alpha value is -0.850. The van der Waals surface area contributed by atoms with Crippen LogP contribution in [-0.2, 0) is 4.79 Å². The van der Waals surface area contributed by atoms with Crippen LogP contribution in [0, 0.1) is 16.0 Å². The summed E-state index contributed by atoms with van der Waals surface area (Å²) in [5.74, 6) is 0.135. The van der Waals surface area contributed by atoms with Crippen LogP contribution in [0.4, 0.5) is 11.4 Å². The van der Waals surface area contributed by atoms with Crippen molar-refractivity contribution in [2.24, 2.45) is 5.92 Å². The summed E-state index contributed by atoms with van der Waals surface area (Å²) in [6.45, 7) is 0.352. The van der Waals surface area contributed by atoms with E-state index in [-0.39, 0.29) is 34.6 Å². The Morgan fingerprint density at radius 3 is 2.74 bits per heavy atom. The average Bonchev–Trinajstić information content (AvgIpc) is 2.69. The van der Waals surface area contributed by atoms with Crippen LogP contribution in [0.25, 0.3) is 0 Å². The molecule has 0 aromatic heterocycles. The third-order valence-electron chi connectivity index (χ3n) is 2.90. The van der Waals surface area contributed by atoms with E-state index in [0.717, 1.165) is 0 Å². The minimum Gasteiger partial charge on any atom is -0.305 e. The lowest BCUT2D eigenvalue weighted by Gasteiger charge is -2.18. The highest BCUT2D eigenvalue weighted by Gasteiger charge is 2.35. The minimum atomic E-state index is -0.548. The highest BCUT2D eigenvalue weighted by atomic mass is 79.9. The fraction of sp³-hybridized carbons (Fsp3) is 0.364. The Morgan fingerprint density at radius 2 is 2.21 bits per heavy atom. The van der Waals surface area contributed by atoms with Crippen molar-refractivity contribution in [2.75, 3.05) is 17.3 Å². The number of anilines is 1. The Balaban J connectivity index is 2.50. The summed E-state index contributed by atoms with van der Waals surface area (Å²) in [5.41, 5.74) is -0.0459. The van der Waals surface area contributed by atoms with E-state index in [9.17, 15) is 14.9 Å². The maximum absolute atomic E-state index is 11.9. The maximum atomic E-state index is 11.9. The van der Waals surface area contributed by atoms with Gasteiger partial charge in [-0.2, -0.15) is 0 Å². The zero-order valence-corrected chi connectivity index (χ0v) is 12.7. The highest BCUT2D eigenvalue weighted by molar-refractivity contribution is 9.10. The smallest absolute Gasteiger partial charge is 0.295 e. The summed E-state index contributed by atoms with van der Waals surface area (Å²) in [5, 5.41) is 11.3. The second-order valence-electron chi connectivity index (χ2n) is 4.24. The van der Waals surface area contributed by atoms with Gasteiger partial charge in [-0.1, -0.05) is 27.5 Å². The lowest BCUT2D eigenvalue weighted by Crippen LogP contribution is -2.26. The lowest BCUT2D eigenvalue weighted by atomic mass is 10.1. The van der Waals surface area contributed by atoms with E-state index in [1.807, 2.05) is 0 Å². The van der Waals surface area contributed by atoms with Crippen molar-refractivity contribution >= 4 is 56.4 Å². The van der Waals surface area contributed by atoms with Crippen LogP contribution >= 0.6 is 39.1 Å². The molecule has 1 aromatic carbocycles. The summed E-state index contributed by atoms with van der Waals surface area (Å²) in [6.07, 6.45) is 0.285. The molecule has 0 spiro atoms. The van der Waals surface area contributed by atoms with Crippen molar-refractivity contribution < 1.29 is 9.72 Å². The molecule has 8 heteroatoms. The molecule has 1 unspecified atom stereocenters. The zero-order valence-electron chi connectivity index (χ0n) is 9.61. The van der Waals surface area contributed by atoms with Crippen LogP contribution < -0.4 is 4.90 Å². The van der Waals surface area contributed by atoms with Gasteiger partial charge in [0.25, 0.3) is 5.69 Å². The van der Waals surface area contributed by atoms with Crippen molar-refractivity contribution in [1.82, 2.24) is 0 Å². The predicted molar refractivity (Wildman–Crippen MR) is 77.0 cm³/mol. The molecular weight excluding hydrogens is 359 g/mol. The Labute approximate surface area is 127 Å². The molecule has 0 radical (unpaired) electrons. The number of halogens is 3. The summed E-state index contributed by atoms with van der Waals surface area (Å²) >= 11 is 14.9. The van der Waals surface area contributed by atoms with Gasteiger partial charge in [0.05, 0.1) is 9.95 Å².